The Labute approximate surface area is 170 Å². The predicted octanol–water partition coefficient (Wildman–Crippen LogP) is 2.49. The normalized spacial score (nSPS) is 13.4. The molecule has 7 nitrogen and oxygen atoms in total. The number of rotatable bonds is 13. The van der Waals surface area contributed by atoms with E-state index in [0.29, 0.717) is 19.1 Å². The minimum absolute atomic E-state index is 0.247. The molecule has 0 saturated carbocycles. The first kappa shape index (κ1) is 24.4. The van der Waals surface area contributed by atoms with Gasteiger partial charge in [-0.25, -0.2) is 13.1 Å². The summed E-state index contributed by atoms with van der Waals surface area (Å²) in [6, 6.07) is 6.84. The van der Waals surface area contributed by atoms with Crippen molar-refractivity contribution < 1.29 is 13.2 Å². The summed E-state index contributed by atoms with van der Waals surface area (Å²) in [5.74, 6) is 1.40. The second-order valence-electron chi connectivity index (χ2n) is 6.76. The van der Waals surface area contributed by atoms with Gasteiger partial charge in [-0.2, -0.15) is 0 Å². The molecule has 0 heterocycles. The highest BCUT2D eigenvalue weighted by Crippen LogP contribution is 2.12. The molecular formula is C20H36N4O3S. The number of guanidine groups is 1. The molecule has 28 heavy (non-hydrogen) atoms. The standard InChI is InChI=1S/C20H36N4O3S/c1-5-7-8-17(6-2)15-22-20(21-3)23-16-18-9-11-19(12-10-18)28(25,26)24-13-14-27-4/h9-12,17,24H,5-8,13-16H2,1-4H3,(H2,21,22,23). The van der Waals surface area contributed by atoms with E-state index in [9.17, 15) is 8.42 Å². The van der Waals surface area contributed by atoms with Gasteiger partial charge in [-0.1, -0.05) is 45.2 Å². The van der Waals surface area contributed by atoms with Crippen LogP contribution in [0.5, 0.6) is 0 Å². The van der Waals surface area contributed by atoms with Gasteiger partial charge in [-0.3, -0.25) is 4.99 Å². The summed E-state index contributed by atoms with van der Waals surface area (Å²) < 4.78 is 31.7. The maximum atomic E-state index is 12.2. The fourth-order valence-electron chi connectivity index (χ4n) is 2.74. The van der Waals surface area contributed by atoms with Gasteiger partial charge in [-0.15, -0.1) is 0 Å². The van der Waals surface area contributed by atoms with Gasteiger partial charge < -0.3 is 15.4 Å². The first-order valence-corrected chi connectivity index (χ1v) is 11.5. The summed E-state index contributed by atoms with van der Waals surface area (Å²) in [5.41, 5.74) is 0.983. The van der Waals surface area contributed by atoms with Gasteiger partial charge >= 0.3 is 0 Å². The van der Waals surface area contributed by atoms with E-state index in [1.54, 1.807) is 31.3 Å². The molecule has 0 amide bonds. The van der Waals surface area contributed by atoms with E-state index >= 15 is 0 Å². The third kappa shape index (κ3) is 9.03. The first-order valence-electron chi connectivity index (χ1n) is 9.98. The van der Waals surface area contributed by atoms with E-state index in [1.807, 2.05) is 0 Å². The fourth-order valence-corrected chi connectivity index (χ4v) is 3.75. The Balaban J connectivity index is 2.52. The number of methoxy groups -OCH3 is 1. The van der Waals surface area contributed by atoms with Crippen molar-refractivity contribution in [3.63, 3.8) is 0 Å². The Bertz CT molecular complexity index is 675. The summed E-state index contributed by atoms with van der Waals surface area (Å²) in [6.07, 6.45) is 4.85. The number of nitrogens with one attached hydrogen (secondary N) is 3. The number of hydrogen-bond acceptors (Lipinski definition) is 4. The van der Waals surface area contributed by atoms with Crippen LogP contribution >= 0.6 is 0 Å². The number of unbranched alkanes of at least 4 members (excludes halogenated alkanes) is 1. The highest BCUT2D eigenvalue weighted by Gasteiger charge is 2.13. The van der Waals surface area contributed by atoms with Crippen molar-refractivity contribution in [2.75, 3.05) is 33.9 Å². The number of nitrogens with zero attached hydrogens (tertiary/aromatic N) is 1. The third-order valence-electron chi connectivity index (χ3n) is 4.62. The lowest BCUT2D eigenvalue weighted by atomic mass is 9.99. The lowest BCUT2D eigenvalue weighted by molar-refractivity contribution is 0.204. The van der Waals surface area contributed by atoms with E-state index < -0.39 is 10.0 Å². The molecule has 1 aromatic carbocycles. The molecule has 0 aliphatic carbocycles. The smallest absolute Gasteiger partial charge is 0.240 e. The maximum absolute atomic E-state index is 12.2. The molecule has 0 bridgehead atoms. The highest BCUT2D eigenvalue weighted by atomic mass is 32.2. The van der Waals surface area contributed by atoms with E-state index in [-0.39, 0.29) is 11.4 Å². The lowest BCUT2D eigenvalue weighted by Gasteiger charge is -2.18. The monoisotopic (exact) mass is 412 g/mol. The van der Waals surface area contributed by atoms with Crippen LogP contribution in [0.25, 0.3) is 0 Å². The zero-order valence-corrected chi connectivity index (χ0v) is 18.4. The third-order valence-corrected chi connectivity index (χ3v) is 6.09. The second kappa shape index (κ2) is 13.5. The van der Waals surface area contributed by atoms with E-state index in [4.69, 9.17) is 4.74 Å². The molecule has 1 unspecified atom stereocenters. The first-order chi connectivity index (χ1) is 13.5. The highest BCUT2D eigenvalue weighted by molar-refractivity contribution is 7.89. The van der Waals surface area contributed by atoms with E-state index in [2.05, 4.69) is 34.2 Å². The van der Waals surface area contributed by atoms with Crippen LogP contribution < -0.4 is 15.4 Å². The quantitative estimate of drug-likeness (QED) is 0.263. The average Bonchev–Trinajstić information content (AvgIpc) is 2.70. The summed E-state index contributed by atoms with van der Waals surface area (Å²) in [5, 5.41) is 6.66. The van der Waals surface area contributed by atoms with Crippen LogP contribution in [0.4, 0.5) is 0 Å². The summed E-state index contributed by atoms with van der Waals surface area (Å²) in [6.45, 7) is 6.50. The molecule has 0 aromatic heterocycles. The SMILES string of the molecule is CCCCC(CC)CNC(=NC)NCc1ccc(S(=O)(=O)NCCOC)cc1. The Morgan fingerprint density at radius 2 is 1.89 bits per heavy atom. The molecule has 0 saturated heterocycles. The van der Waals surface area contributed by atoms with Crippen molar-refractivity contribution in [1.82, 2.24) is 15.4 Å². The van der Waals surface area contributed by atoms with Gasteiger partial charge in [0.25, 0.3) is 0 Å². The Morgan fingerprint density at radius 3 is 2.46 bits per heavy atom. The lowest BCUT2D eigenvalue weighted by Crippen LogP contribution is -2.39. The van der Waals surface area contributed by atoms with Crippen molar-refractivity contribution in [1.29, 1.82) is 0 Å². The molecular weight excluding hydrogens is 376 g/mol. The molecule has 0 aliphatic rings. The zero-order chi connectivity index (χ0) is 20.8. The maximum Gasteiger partial charge on any atom is 0.240 e. The Morgan fingerprint density at radius 1 is 1.18 bits per heavy atom. The molecule has 8 heteroatoms. The molecule has 1 atom stereocenters. The summed E-state index contributed by atoms with van der Waals surface area (Å²) in [7, 11) is -0.213. The van der Waals surface area contributed by atoms with Crippen LogP contribution in [-0.2, 0) is 21.3 Å². The Hall–Kier alpha value is -1.64. The number of sulfonamides is 1. The number of benzene rings is 1. The van der Waals surface area contributed by atoms with Gasteiger partial charge in [0.2, 0.25) is 10.0 Å². The molecule has 160 valence electrons. The van der Waals surface area contributed by atoms with Gasteiger partial charge in [0.05, 0.1) is 11.5 Å². The topological polar surface area (TPSA) is 91.8 Å². The van der Waals surface area contributed by atoms with E-state index in [0.717, 1.165) is 24.5 Å². The molecule has 0 aliphatic heterocycles. The minimum Gasteiger partial charge on any atom is -0.383 e. The van der Waals surface area contributed by atoms with Gasteiger partial charge in [0, 0.05) is 33.8 Å². The molecule has 1 rings (SSSR count). The van der Waals surface area contributed by atoms with Gasteiger partial charge in [0.15, 0.2) is 5.96 Å². The molecule has 0 spiro atoms. The van der Waals surface area contributed by atoms with Crippen LogP contribution in [0.2, 0.25) is 0 Å². The number of hydrogen-bond donors (Lipinski definition) is 3. The van der Waals surface area contributed by atoms with Crippen LogP contribution in [0.1, 0.15) is 45.1 Å². The number of ether oxygens (including phenoxy) is 1. The zero-order valence-electron chi connectivity index (χ0n) is 17.6. The van der Waals surface area contributed by atoms with Gasteiger partial charge in [0.1, 0.15) is 0 Å². The summed E-state index contributed by atoms with van der Waals surface area (Å²) >= 11 is 0. The van der Waals surface area contributed by atoms with Crippen molar-refractivity contribution in [2.24, 2.45) is 10.9 Å². The predicted molar refractivity (Wildman–Crippen MR) is 115 cm³/mol. The molecule has 0 fully saturated rings. The van der Waals surface area contributed by atoms with Crippen molar-refractivity contribution in [3.05, 3.63) is 29.8 Å². The average molecular weight is 413 g/mol. The van der Waals surface area contributed by atoms with E-state index in [1.165, 1.54) is 26.4 Å². The second-order valence-corrected chi connectivity index (χ2v) is 8.52. The van der Waals surface area contributed by atoms with Crippen LogP contribution in [0.15, 0.2) is 34.2 Å². The molecule has 0 radical (unpaired) electrons. The molecule has 3 N–H and O–H groups in total. The molecule has 1 aromatic rings. The van der Waals surface area contributed by atoms with Crippen LogP contribution in [-0.4, -0.2) is 48.2 Å². The van der Waals surface area contributed by atoms with Crippen molar-refractivity contribution in [2.45, 2.75) is 51.0 Å². The van der Waals surface area contributed by atoms with Crippen molar-refractivity contribution in [3.8, 4) is 0 Å². The minimum atomic E-state index is -3.50. The summed E-state index contributed by atoms with van der Waals surface area (Å²) in [4.78, 5) is 4.51. The fraction of sp³-hybridized carbons (Fsp3) is 0.650. The number of aliphatic imine (C=N–C) groups is 1. The van der Waals surface area contributed by atoms with Crippen LogP contribution in [0.3, 0.4) is 0 Å². The Kier molecular flexibility index (Phi) is 11.8. The largest absolute Gasteiger partial charge is 0.383 e. The van der Waals surface area contributed by atoms with Gasteiger partial charge in [-0.05, 0) is 30.0 Å². The van der Waals surface area contributed by atoms with Crippen molar-refractivity contribution >= 4 is 16.0 Å². The van der Waals surface area contributed by atoms with Crippen LogP contribution in [0, 0.1) is 5.92 Å².